The molecular weight excluding hydrogens is 284 g/mol. The third kappa shape index (κ3) is 2.95. The Morgan fingerprint density at radius 3 is 2.76 bits per heavy atom. The van der Waals surface area contributed by atoms with Gasteiger partial charge in [-0.25, -0.2) is 4.79 Å². The van der Waals surface area contributed by atoms with Gasteiger partial charge in [-0.15, -0.1) is 4.91 Å². The summed E-state index contributed by atoms with van der Waals surface area (Å²) in [6.45, 7) is 0.0839. The monoisotopic (exact) mass is 302 g/mol. The average molecular weight is 302 g/mol. The van der Waals surface area contributed by atoms with Crippen molar-refractivity contribution < 1.29 is 29.3 Å². The van der Waals surface area contributed by atoms with Crippen LogP contribution in [0.2, 0.25) is 0 Å². The van der Waals surface area contributed by atoms with Gasteiger partial charge < -0.3 is 25.0 Å². The zero-order chi connectivity index (χ0) is 15.6. The molecule has 9 nitrogen and oxygen atoms in total. The van der Waals surface area contributed by atoms with Crippen molar-refractivity contribution in [3.05, 3.63) is 4.91 Å². The van der Waals surface area contributed by atoms with E-state index in [4.69, 9.17) is 9.47 Å². The van der Waals surface area contributed by atoms with Gasteiger partial charge >= 0.3 is 5.97 Å². The maximum Gasteiger partial charge on any atom is 0.336 e. The fourth-order valence-corrected chi connectivity index (χ4v) is 2.95. The van der Waals surface area contributed by atoms with Gasteiger partial charge in [0.1, 0.15) is 6.10 Å². The number of rotatable bonds is 5. The molecule has 9 heteroatoms. The smallest absolute Gasteiger partial charge is 0.336 e. The summed E-state index contributed by atoms with van der Waals surface area (Å²) in [5.41, 5.74) is -1.60. The molecule has 0 aliphatic carbocycles. The lowest BCUT2D eigenvalue weighted by molar-refractivity contribution is -0.174. The molecule has 2 rings (SSSR count). The Balaban J connectivity index is 2.16. The minimum Gasteiger partial charge on any atom is -0.479 e. The largest absolute Gasteiger partial charge is 0.479 e. The fraction of sp³-hybridized carbons (Fsp3) is 0.833. The maximum absolute atomic E-state index is 11.6. The zero-order valence-electron chi connectivity index (χ0n) is 11.5. The first-order valence-electron chi connectivity index (χ1n) is 6.68. The van der Waals surface area contributed by atoms with E-state index < -0.39 is 41.8 Å². The summed E-state index contributed by atoms with van der Waals surface area (Å²) >= 11 is 0. The highest BCUT2D eigenvalue weighted by Crippen LogP contribution is 2.40. The van der Waals surface area contributed by atoms with Crippen molar-refractivity contribution in [3.63, 3.8) is 0 Å². The van der Waals surface area contributed by atoms with Gasteiger partial charge in [-0.3, -0.25) is 4.79 Å². The Hall–Kier alpha value is -1.42. The van der Waals surface area contributed by atoms with Crippen molar-refractivity contribution in [2.75, 3.05) is 13.7 Å². The number of nitroso groups, excluding NO2 is 1. The van der Waals surface area contributed by atoms with Gasteiger partial charge in [0.2, 0.25) is 0 Å². The summed E-state index contributed by atoms with van der Waals surface area (Å²) in [5, 5.41) is 24.4. The molecule has 2 aliphatic heterocycles. The van der Waals surface area contributed by atoms with Crippen LogP contribution in [-0.4, -0.2) is 65.7 Å². The van der Waals surface area contributed by atoms with Gasteiger partial charge in [0, 0.05) is 18.0 Å². The van der Waals surface area contributed by atoms with Gasteiger partial charge in [-0.1, -0.05) is 0 Å². The summed E-state index contributed by atoms with van der Waals surface area (Å²) in [7, 11) is 1.64. The third-order valence-corrected chi connectivity index (χ3v) is 4.08. The lowest BCUT2D eigenvalue weighted by atomic mass is 9.90. The minimum atomic E-state index is -1.60. The lowest BCUT2D eigenvalue weighted by Gasteiger charge is -2.36. The molecule has 1 amide bonds. The van der Waals surface area contributed by atoms with Crippen LogP contribution in [0.3, 0.4) is 0 Å². The topological polar surface area (TPSA) is 135 Å². The molecule has 2 heterocycles. The van der Waals surface area contributed by atoms with E-state index in [1.807, 2.05) is 0 Å². The van der Waals surface area contributed by atoms with E-state index in [2.05, 4.69) is 10.5 Å². The van der Waals surface area contributed by atoms with Gasteiger partial charge in [0.25, 0.3) is 5.91 Å². The highest BCUT2D eigenvalue weighted by molar-refractivity contribution is 5.81. The first-order chi connectivity index (χ1) is 9.93. The molecule has 2 saturated heterocycles. The van der Waals surface area contributed by atoms with Crippen molar-refractivity contribution in [1.29, 1.82) is 0 Å². The van der Waals surface area contributed by atoms with Crippen LogP contribution in [0.15, 0.2) is 5.18 Å². The van der Waals surface area contributed by atoms with Crippen molar-refractivity contribution in [3.8, 4) is 0 Å². The molecule has 0 aromatic heterocycles. The molecule has 0 radical (unpaired) electrons. The molecule has 0 bridgehead atoms. The van der Waals surface area contributed by atoms with Crippen molar-refractivity contribution in [2.45, 2.75) is 49.2 Å². The number of carboxylic acid groups (broad SMARTS) is 1. The van der Waals surface area contributed by atoms with E-state index in [9.17, 15) is 24.7 Å². The number of carbonyl (C=O) groups excluding carboxylic acids is 1. The highest BCUT2D eigenvalue weighted by atomic mass is 16.6. The first kappa shape index (κ1) is 16.0. The maximum atomic E-state index is 11.6. The number of nitrogens with one attached hydrogen (secondary N) is 1. The lowest BCUT2D eigenvalue weighted by Crippen LogP contribution is -2.57. The summed E-state index contributed by atoms with van der Waals surface area (Å²) in [6.07, 6.45) is -2.32. The van der Waals surface area contributed by atoms with Crippen LogP contribution >= 0.6 is 0 Å². The number of carbonyl (C=O) groups is 2. The number of hydrogen-bond donors (Lipinski definition) is 3. The fourth-order valence-electron chi connectivity index (χ4n) is 2.95. The Bertz CT molecular complexity index is 443. The van der Waals surface area contributed by atoms with Crippen molar-refractivity contribution in [2.24, 2.45) is 5.18 Å². The van der Waals surface area contributed by atoms with Crippen LogP contribution in [0.1, 0.15) is 19.3 Å². The van der Waals surface area contributed by atoms with Gasteiger partial charge in [0.15, 0.2) is 5.60 Å². The second kappa shape index (κ2) is 6.14. The molecule has 118 valence electrons. The van der Waals surface area contributed by atoms with Gasteiger partial charge in [-0.2, -0.15) is 0 Å². The zero-order valence-corrected chi connectivity index (χ0v) is 11.5. The van der Waals surface area contributed by atoms with Crippen molar-refractivity contribution >= 4 is 11.9 Å². The Labute approximate surface area is 120 Å². The van der Waals surface area contributed by atoms with Crippen LogP contribution < -0.4 is 5.32 Å². The van der Waals surface area contributed by atoms with E-state index >= 15 is 0 Å². The molecule has 0 saturated carbocycles. The van der Waals surface area contributed by atoms with Gasteiger partial charge in [-0.05, 0) is 13.5 Å². The predicted octanol–water partition coefficient (Wildman–Crippen LogP) is -0.980. The minimum absolute atomic E-state index is 0.0596. The molecule has 3 N–H and O–H groups in total. The second-order valence-corrected chi connectivity index (χ2v) is 5.32. The van der Waals surface area contributed by atoms with Crippen LogP contribution in [-0.2, 0) is 19.1 Å². The quantitative estimate of drug-likeness (QED) is 0.551. The number of fused-ring (bicyclic) bond motifs is 1. The van der Waals surface area contributed by atoms with Crippen molar-refractivity contribution in [1.82, 2.24) is 5.32 Å². The molecule has 2 fully saturated rings. The number of carboxylic acids is 1. The molecule has 2 aliphatic rings. The van der Waals surface area contributed by atoms with Crippen LogP contribution in [0.25, 0.3) is 0 Å². The summed E-state index contributed by atoms with van der Waals surface area (Å²) in [5.74, 6) is -2.14. The molecule has 0 spiro atoms. The van der Waals surface area contributed by atoms with E-state index in [1.165, 1.54) is 0 Å². The molecule has 5 unspecified atom stereocenters. The van der Waals surface area contributed by atoms with Gasteiger partial charge in [0.05, 0.1) is 24.9 Å². The number of aliphatic hydroxyl groups excluding tert-OH is 1. The average Bonchev–Trinajstić information content (AvgIpc) is 2.85. The molecule has 21 heavy (non-hydrogen) atoms. The van der Waals surface area contributed by atoms with E-state index in [0.717, 1.165) is 0 Å². The molecule has 0 aromatic rings. The molecule has 0 aromatic carbocycles. The molecular formula is C12H18N2O7. The number of aliphatic hydroxyl groups is 1. The summed E-state index contributed by atoms with van der Waals surface area (Å²) in [6, 6.07) is -0.454. The van der Waals surface area contributed by atoms with Crippen LogP contribution in [0.4, 0.5) is 0 Å². The Morgan fingerprint density at radius 2 is 2.19 bits per heavy atom. The normalized spacial score (nSPS) is 38.8. The SMILES string of the molecule is CNC1C(O)COC2CC(CCC(=O)N=O)(C(=O)O)OC21. The number of likely N-dealkylation sites (N-methyl/N-ethyl adjacent to an activating group) is 1. The Kier molecular flexibility index (Phi) is 4.67. The van der Waals surface area contributed by atoms with E-state index in [-0.39, 0.29) is 25.9 Å². The molecule has 5 atom stereocenters. The van der Waals surface area contributed by atoms with E-state index in [0.29, 0.717) is 0 Å². The predicted molar refractivity (Wildman–Crippen MR) is 68.5 cm³/mol. The van der Waals surface area contributed by atoms with Crippen LogP contribution in [0.5, 0.6) is 0 Å². The number of hydrogen-bond acceptors (Lipinski definition) is 7. The number of nitrogens with zero attached hydrogens (tertiary/aromatic N) is 1. The summed E-state index contributed by atoms with van der Waals surface area (Å²) in [4.78, 5) is 32.7. The van der Waals surface area contributed by atoms with Crippen LogP contribution in [0, 0.1) is 4.91 Å². The first-order valence-corrected chi connectivity index (χ1v) is 6.68. The highest BCUT2D eigenvalue weighted by Gasteiger charge is 2.56. The Morgan fingerprint density at radius 1 is 1.48 bits per heavy atom. The number of aliphatic carboxylic acids is 1. The third-order valence-electron chi connectivity index (χ3n) is 4.08. The van der Waals surface area contributed by atoms with E-state index in [1.54, 1.807) is 7.05 Å². The second-order valence-electron chi connectivity index (χ2n) is 5.32. The number of amides is 1. The summed E-state index contributed by atoms with van der Waals surface area (Å²) < 4.78 is 11.1. The number of ether oxygens (including phenoxy) is 2. The standard InChI is InChI=1S/C12H18N2O7/c1-13-9-6(15)5-20-7-4-12(11(17)18,21-10(7)9)3-2-8(16)14-19/h6-7,9-10,13,15H,2-5H2,1H3,(H,17,18).